The second-order valence-electron chi connectivity index (χ2n) is 4.94. The Morgan fingerprint density at radius 2 is 2.17 bits per heavy atom. The molecule has 4 heteroatoms. The molecule has 0 aliphatic carbocycles. The van der Waals surface area contributed by atoms with Gasteiger partial charge in [0.25, 0.3) is 0 Å². The maximum Gasteiger partial charge on any atom is 0.123 e. The zero-order valence-corrected chi connectivity index (χ0v) is 10.8. The second-order valence-corrected chi connectivity index (χ2v) is 4.94. The summed E-state index contributed by atoms with van der Waals surface area (Å²) in [5.41, 5.74) is 6.80. The number of ether oxygens (including phenoxy) is 1. The highest BCUT2D eigenvalue weighted by Crippen LogP contribution is 2.18. The monoisotopic (exact) mass is 252 g/mol. The predicted octanol–water partition coefficient (Wildman–Crippen LogP) is 1.59. The molecule has 18 heavy (non-hydrogen) atoms. The molecule has 0 spiro atoms. The highest BCUT2D eigenvalue weighted by atomic mass is 19.1. The summed E-state index contributed by atoms with van der Waals surface area (Å²) >= 11 is 0. The van der Waals surface area contributed by atoms with Crippen LogP contribution in [0.5, 0.6) is 0 Å². The van der Waals surface area contributed by atoms with E-state index in [1.54, 1.807) is 0 Å². The number of rotatable bonds is 4. The van der Waals surface area contributed by atoms with Crippen molar-refractivity contribution in [3.63, 3.8) is 0 Å². The molecule has 100 valence electrons. The third-order valence-corrected chi connectivity index (χ3v) is 3.46. The summed E-state index contributed by atoms with van der Waals surface area (Å²) in [6.07, 6.45) is 0.152. The van der Waals surface area contributed by atoms with Crippen molar-refractivity contribution in [2.45, 2.75) is 18.9 Å². The SMILES string of the molecule is CC(CN1CCOC(CN)C1)c1ccc(F)cc1. The van der Waals surface area contributed by atoms with Crippen LogP contribution < -0.4 is 5.73 Å². The summed E-state index contributed by atoms with van der Waals surface area (Å²) in [4.78, 5) is 2.37. The number of hydrogen-bond donors (Lipinski definition) is 1. The zero-order chi connectivity index (χ0) is 13.0. The third kappa shape index (κ3) is 3.51. The largest absolute Gasteiger partial charge is 0.374 e. The van der Waals surface area contributed by atoms with Crippen LogP contribution in [0.25, 0.3) is 0 Å². The molecule has 1 fully saturated rings. The van der Waals surface area contributed by atoms with Crippen LogP contribution in [0.1, 0.15) is 18.4 Å². The molecule has 2 rings (SSSR count). The lowest BCUT2D eigenvalue weighted by atomic mass is 10.0. The molecule has 1 saturated heterocycles. The van der Waals surface area contributed by atoms with E-state index in [4.69, 9.17) is 10.5 Å². The Hall–Kier alpha value is -0.970. The van der Waals surface area contributed by atoms with E-state index in [9.17, 15) is 4.39 Å². The summed E-state index contributed by atoms with van der Waals surface area (Å²) in [7, 11) is 0. The molecule has 0 aromatic heterocycles. The van der Waals surface area contributed by atoms with Crippen LogP contribution in [-0.4, -0.2) is 43.8 Å². The lowest BCUT2D eigenvalue weighted by molar-refractivity contribution is -0.0244. The van der Waals surface area contributed by atoms with Gasteiger partial charge in [0.15, 0.2) is 0 Å². The van der Waals surface area contributed by atoms with E-state index >= 15 is 0 Å². The van der Waals surface area contributed by atoms with Crippen LogP contribution >= 0.6 is 0 Å². The van der Waals surface area contributed by atoms with Gasteiger partial charge in [-0.1, -0.05) is 19.1 Å². The van der Waals surface area contributed by atoms with Crippen LogP contribution in [0.3, 0.4) is 0 Å². The first kappa shape index (κ1) is 13.5. The Kier molecular flexibility index (Phi) is 4.69. The van der Waals surface area contributed by atoms with Gasteiger partial charge in [-0.2, -0.15) is 0 Å². The summed E-state index contributed by atoms with van der Waals surface area (Å²) in [6, 6.07) is 6.77. The fourth-order valence-electron chi connectivity index (χ4n) is 2.37. The van der Waals surface area contributed by atoms with E-state index in [0.29, 0.717) is 12.5 Å². The van der Waals surface area contributed by atoms with Gasteiger partial charge in [0.1, 0.15) is 5.82 Å². The Labute approximate surface area is 108 Å². The third-order valence-electron chi connectivity index (χ3n) is 3.46. The smallest absolute Gasteiger partial charge is 0.123 e. The lowest BCUT2D eigenvalue weighted by Crippen LogP contribution is -2.46. The van der Waals surface area contributed by atoms with Crippen LogP contribution in [0, 0.1) is 5.82 Å². The zero-order valence-electron chi connectivity index (χ0n) is 10.8. The van der Waals surface area contributed by atoms with Gasteiger partial charge < -0.3 is 10.5 Å². The molecule has 1 aliphatic rings. The van der Waals surface area contributed by atoms with Crippen molar-refractivity contribution in [3.05, 3.63) is 35.6 Å². The van der Waals surface area contributed by atoms with Gasteiger partial charge >= 0.3 is 0 Å². The van der Waals surface area contributed by atoms with Crippen LogP contribution in [0.4, 0.5) is 4.39 Å². The summed E-state index contributed by atoms with van der Waals surface area (Å²) in [6.45, 7) is 6.29. The van der Waals surface area contributed by atoms with E-state index in [1.165, 1.54) is 17.7 Å². The van der Waals surface area contributed by atoms with Crippen LogP contribution in [-0.2, 0) is 4.74 Å². The molecule has 0 bridgehead atoms. The van der Waals surface area contributed by atoms with Crippen molar-refractivity contribution in [2.75, 3.05) is 32.8 Å². The normalized spacial score (nSPS) is 22.9. The first-order valence-corrected chi connectivity index (χ1v) is 6.48. The Morgan fingerprint density at radius 1 is 1.44 bits per heavy atom. The maximum absolute atomic E-state index is 12.9. The van der Waals surface area contributed by atoms with Crippen molar-refractivity contribution in [3.8, 4) is 0 Å². The molecule has 1 aliphatic heterocycles. The van der Waals surface area contributed by atoms with Gasteiger partial charge in [-0.05, 0) is 23.6 Å². The fourth-order valence-corrected chi connectivity index (χ4v) is 2.37. The van der Waals surface area contributed by atoms with Crippen molar-refractivity contribution < 1.29 is 9.13 Å². The highest BCUT2D eigenvalue weighted by molar-refractivity contribution is 5.20. The molecule has 2 atom stereocenters. The standard InChI is InChI=1S/C14H21FN2O/c1-11(12-2-4-13(15)5-3-12)9-17-6-7-18-14(8-16)10-17/h2-5,11,14H,6-10,16H2,1H3. The van der Waals surface area contributed by atoms with Gasteiger partial charge in [0.2, 0.25) is 0 Å². The van der Waals surface area contributed by atoms with Crippen molar-refractivity contribution in [1.82, 2.24) is 4.90 Å². The predicted molar refractivity (Wildman–Crippen MR) is 70.0 cm³/mol. The maximum atomic E-state index is 12.9. The summed E-state index contributed by atoms with van der Waals surface area (Å²) in [5.74, 6) is 0.211. The summed E-state index contributed by atoms with van der Waals surface area (Å²) in [5, 5.41) is 0. The highest BCUT2D eigenvalue weighted by Gasteiger charge is 2.20. The number of hydrogen-bond acceptors (Lipinski definition) is 3. The number of nitrogens with zero attached hydrogens (tertiary/aromatic N) is 1. The van der Waals surface area contributed by atoms with Gasteiger partial charge in [0, 0.05) is 26.2 Å². The molecule has 2 unspecified atom stereocenters. The van der Waals surface area contributed by atoms with Crippen molar-refractivity contribution in [1.29, 1.82) is 0 Å². The topological polar surface area (TPSA) is 38.5 Å². The van der Waals surface area contributed by atoms with Gasteiger partial charge in [-0.25, -0.2) is 4.39 Å². The Bertz CT molecular complexity index is 369. The van der Waals surface area contributed by atoms with E-state index in [1.807, 2.05) is 12.1 Å². The van der Waals surface area contributed by atoms with Gasteiger partial charge in [-0.15, -0.1) is 0 Å². The Morgan fingerprint density at radius 3 is 2.83 bits per heavy atom. The van der Waals surface area contributed by atoms with Gasteiger partial charge in [-0.3, -0.25) is 4.90 Å². The van der Waals surface area contributed by atoms with E-state index in [-0.39, 0.29) is 11.9 Å². The minimum absolute atomic E-state index is 0.152. The molecule has 0 amide bonds. The first-order chi connectivity index (χ1) is 8.69. The molecule has 1 aromatic carbocycles. The molecule has 1 aromatic rings. The minimum atomic E-state index is -0.180. The first-order valence-electron chi connectivity index (χ1n) is 6.48. The molecule has 3 nitrogen and oxygen atoms in total. The number of benzene rings is 1. The molecular formula is C14H21FN2O. The number of morpholine rings is 1. The van der Waals surface area contributed by atoms with E-state index in [2.05, 4.69) is 11.8 Å². The molecular weight excluding hydrogens is 231 g/mol. The second kappa shape index (κ2) is 6.27. The van der Waals surface area contributed by atoms with Crippen molar-refractivity contribution in [2.24, 2.45) is 5.73 Å². The Balaban J connectivity index is 1.90. The average molecular weight is 252 g/mol. The van der Waals surface area contributed by atoms with Crippen molar-refractivity contribution >= 4 is 0 Å². The number of halogens is 1. The minimum Gasteiger partial charge on any atom is -0.374 e. The fraction of sp³-hybridized carbons (Fsp3) is 0.571. The molecule has 0 saturated carbocycles. The van der Waals surface area contributed by atoms with E-state index in [0.717, 1.165) is 26.2 Å². The number of nitrogens with two attached hydrogens (primary N) is 1. The molecule has 1 heterocycles. The van der Waals surface area contributed by atoms with Crippen LogP contribution in [0.2, 0.25) is 0 Å². The summed E-state index contributed by atoms with van der Waals surface area (Å²) < 4.78 is 18.4. The average Bonchev–Trinajstić information content (AvgIpc) is 2.39. The van der Waals surface area contributed by atoms with E-state index < -0.39 is 0 Å². The molecule has 0 radical (unpaired) electrons. The molecule has 2 N–H and O–H groups in total. The van der Waals surface area contributed by atoms with Crippen LogP contribution in [0.15, 0.2) is 24.3 Å². The van der Waals surface area contributed by atoms with Gasteiger partial charge in [0.05, 0.1) is 12.7 Å². The lowest BCUT2D eigenvalue weighted by Gasteiger charge is -2.34. The quantitative estimate of drug-likeness (QED) is 0.884.